The maximum Gasteiger partial charge on any atom is 0.236 e. The first-order valence-corrected chi connectivity index (χ1v) is 8.80. The number of thiol groups is 1. The zero-order valence-electron chi connectivity index (χ0n) is 12.6. The van der Waals surface area contributed by atoms with Gasteiger partial charge in [-0.05, 0) is 43.6 Å². The molecule has 1 saturated carbocycles. The second-order valence-electron chi connectivity index (χ2n) is 6.49. The quantitative estimate of drug-likeness (QED) is 0.844. The molecule has 1 heterocycles. The average Bonchev–Trinajstić information content (AvgIpc) is 2.54. The van der Waals surface area contributed by atoms with Crippen LogP contribution in [0.15, 0.2) is 30.3 Å². The van der Waals surface area contributed by atoms with E-state index in [2.05, 4.69) is 29.7 Å². The van der Waals surface area contributed by atoms with Gasteiger partial charge in [-0.25, -0.2) is 0 Å². The van der Waals surface area contributed by atoms with E-state index < -0.39 is 0 Å². The first kappa shape index (κ1) is 15.0. The van der Waals surface area contributed by atoms with Crippen LogP contribution < -0.4 is 0 Å². The molecule has 0 bridgehead atoms. The molecule has 3 unspecified atom stereocenters. The summed E-state index contributed by atoms with van der Waals surface area (Å²) >= 11 is 4.61. The molecule has 114 valence electrons. The lowest BCUT2D eigenvalue weighted by Gasteiger charge is -2.45. The summed E-state index contributed by atoms with van der Waals surface area (Å²) in [6.45, 7) is 0.936. The molecule has 1 aromatic rings. The van der Waals surface area contributed by atoms with E-state index in [0.29, 0.717) is 6.04 Å². The second-order valence-corrected chi connectivity index (χ2v) is 7.11. The van der Waals surface area contributed by atoms with Crippen molar-refractivity contribution in [2.24, 2.45) is 5.92 Å². The highest BCUT2D eigenvalue weighted by atomic mass is 32.1. The Bertz CT molecular complexity index is 473. The van der Waals surface area contributed by atoms with Crippen LogP contribution in [0.25, 0.3) is 0 Å². The van der Waals surface area contributed by atoms with Crippen molar-refractivity contribution >= 4 is 18.5 Å². The molecule has 0 aromatic heterocycles. The molecule has 3 atom stereocenters. The van der Waals surface area contributed by atoms with Crippen molar-refractivity contribution < 1.29 is 4.79 Å². The summed E-state index contributed by atoms with van der Waals surface area (Å²) in [5, 5.41) is -0.201. The number of benzene rings is 1. The minimum atomic E-state index is -0.201. The van der Waals surface area contributed by atoms with Crippen molar-refractivity contribution in [3.63, 3.8) is 0 Å². The lowest BCUT2D eigenvalue weighted by atomic mass is 9.78. The molecule has 2 aliphatic rings. The van der Waals surface area contributed by atoms with Gasteiger partial charge in [-0.2, -0.15) is 12.6 Å². The Morgan fingerprint density at radius 1 is 1.14 bits per heavy atom. The van der Waals surface area contributed by atoms with Gasteiger partial charge in [-0.1, -0.05) is 43.2 Å². The molecule has 2 fully saturated rings. The molecule has 3 rings (SSSR count). The van der Waals surface area contributed by atoms with Crippen LogP contribution in [0, 0.1) is 5.92 Å². The van der Waals surface area contributed by atoms with Crippen molar-refractivity contribution in [3.05, 3.63) is 35.9 Å². The Hall–Kier alpha value is -0.960. The molecule has 1 aliphatic carbocycles. The number of amides is 1. The Labute approximate surface area is 133 Å². The number of piperidine rings is 1. The molecular formula is C18H25NOS. The Morgan fingerprint density at radius 2 is 1.86 bits per heavy atom. The van der Waals surface area contributed by atoms with E-state index in [4.69, 9.17) is 0 Å². The molecule has 21 heavy (non-hydrogen) atoms. The number of hydrogen-bond donors (Lipinski definition) is 1. The van der Waals surface area contributed by atoms with Crippen LogP contribution in [0.5, 0.6) is 0 Å². The maximum atomic E-state index is 12.8. The zero-order valence-corrected chi connectivity index (χ0v) is 13.5. The Morgan fingerprint density at radius 3 is 2.67 bits per heavy atom. The summed E-state index contributed by atoms with van der Waals surface area (Å²) in [5.41, 5.74) is 1.20. The van der Waals surface area contributed by atoms with Gasteiger partial charge in [0.25, 0.3) is 0 Å². The van der Waals surface area contributed by atoms with E-state index in [0.717, 1.165) is 18.9 Å². The van der Waals surface area contributed by atoms with E-state index in [1.54, 1.807) is 0 Å². The predicted molar refractivity (Wildman–Crippen MR) is 89.6 cm³/mol. The molecule has 0 radical (unpaired) electrons. The Kier molecular flexibility index (Phi) is 4.89. The van der Waals surface area contributed by atoms with Crippen LogP contribution in [0.2, 0.25) is 0 Å². The van der Waals surface area contributed by atoms with Crippen molar-refractivity contribution in [1.82, 2.24) is 4.90 Å². The highest BCUT2D eigenvalue weighted by molar-refractivity contribution is 7.81. The number of nitrogens with zero attached hydrogens (tertiary/aromatic N) is 1. The number of likely N-dealkylation sites (tertiary alicyclic amines) is 1. The van der Waals surface area contributed by atoms with Gasteiger partial charge in [0, 0.05) is 12.6 Å². The lowest BCUT2D eigenvalue weighted by Crippen LogP contribution is -2.52. The minimum Gasteiger partial charge on any atom is -0.338 e. The third kappa shape index (κ3) is 3.45. The topological polar surface area (TPSA) is 20.3 Å². The molecule has 1 aromatic carbocycles. The van der Waals surface area contributed by atoms with Gasteiger partial charge in [0.15, 0.2) is 0 Å². The average molecular weight is 303 g/mol. The smallest absolute Gasteiger partial charge is 0.236 e. The minimum absolute atomic E-state index is 0.201. The maximum absolute atomic E-state index is 12.8. The van der Waals surface area contributed by atoms with E-state index in [1.165, 1.54) is 44.1 Å². The number of fused-ring (bicyclic) bond motifs is 1. The molecule has 0 N–H and O–H groups in total. The second kappa shape index (κ2) is 6.87. The largest absolute Gasteiger partial charge is 0.338 e. The van der Waals surface area contributed by atoms with Crippen molar-refractivity contribution in [2.45, 2.75) is 56.2 Å². The fourth-order valence-electron chi connectivity index (χ4n) is 4.01. The summed E-state index contributed by atoms with van der Waals surface area (Å²) in [7, 11) is 0. The van der Waals surface area contributed by atoms with Gasteiger partial charge in [0.2, 0.25) is 5.91 Å². The van der Waals surface area contributed by atoms with Gasteiger partial charge in [-0.15, -0.1) is 0 Å². The number of rotatable bonds is 3. The van der Waals surface area contributed by atoms with Gasteiger partial charge >= 0.3 is 0 Å². The monoisotopic (exact) mass is 303 g/mol. The molecule has 1 aliphatic heterocycles. The summed E-state index contributed by atoms with van der Waals surface area (Å²) < 4.78 is 0. The van der Waals surface area contributed by atoms with E-state index in [-0.39, 0.29) is 11.2 Å². The fourth-order valence-corrected chi connectivity index (χ4v) is 4.37. The van der Waals surface area contributed by atoms with Crippen LogP contribution in [0.1, 0.15) is 44.1 Å². The highest BCUT2D eigenvalue weighted by Crippen LogP contribution is 2.35. The summed E-state index contributed by atoms with van der Waals surface area (Å²) in [6.07, 6.45) is 8.34. The lowest BCUT2D eigenvalue weighted by molar-refractivity contribution is -0.136. The number of hydrogen-bond acceptors (Lipinski definition) is 2. The van der Waals surface area contributed by atoms with Gasteiger partial charge in [0.05, 0.1) is 5.25 Å². The molecular weight excluding hydrogens is 278 g/mol. The number of carbonyl (C=O) groups is 1. The van der Waals surface area contributed by atoms with Crippen LogP contribution in [-0.2, 0) is 11.2 Å². The van der Waals surface area contributed by atoms with Gasteiger partial charge < -0.3 is 4.90 Å². The molecule has 1 saturated heterocycles. The van der Waals surface area contributed by atoms with Crippen LogP contribution in [-0.4, -0.2) is 28.6 Å². The SMILES string of the molecule is O=C(C(S)Cc1ccccc1)N1CCCC2CCCCC21. The normalized spacial score (nSPS) is 27.0. The summed E-state index contributed by atoms with van der Waals surface area (Å²) in [4.78, 5) is 15.0. The summed E-state index contributed by atoms with van der Waals surface area (Å²) in [6, 6.07) is 10.7. The third-order valence-electron chi connectivity index (χ3n) is 5.08. The highest BCUT2D eigenvalue weighted by Gasteiger charge is 2.37. The van der Waals surface area contributed by atoms with Crippen molar-refractivity contribution in [3.8, 4) is 0 Å². The van der Waals surface area contributed by atoms with Crippen LogP contribution >= 0.6 is 12.6 Å². The molecule has 2 nitrogen and oxygen atoms in total. The van der Waals surface area contributed by atoms with E-state index in [1.807, 2.05) is 18.2 Å². The molecule has 1 amide bonds. The summed E-state index contributed by atoms with van der Waals surface area (Å²) in [5.74, 6) is 0.993. The van der Waals surface area contributed by atoms with E-state index >= 15 is 0 Å². The molecule has 0 spiro atoms. The van der Waals surface area contributed by atoms with Gasteiger partial charge in [0.1, 0.15) is 0 Å². The Balaban J connectivity index is 1.65. The number of carbonyl (C=O) groups excluding carboxylic acids is 1. The van der Waals surface area contributed by atoms with Gasteiger partial charge in [-0.3, -0.25) is 4.79 Å². The van der Waals surface area contributed by atoms with Crippen LogP contribution in [0.4, 0.5) is 0 Å². The third-order valence-corrected chi connectivity index (χ3v) is 5.49. The first-order valence-electron chi connectivity index (χ1n) is 8.28. The van der Waals surface area contributed by atoms with Crippen molar-refractivity contribution in [1.29, 1.82) is 0 Å². The van der Waals surface area contributed by atoms with Crippen molar-refractivity contribution in [2.75, 3.05) is 6.54 Å². The van der Waals surface area contributed by atoms with Crippen LogP contribution in [0.3, 0.4) is 0 Å². The first-order chi connectivity index (χ1) is 10.3. The molecule has 3 heteroatoms. The van der Waals surface area contributed by atoms with E-state index in [9.17, 15) is 4.79 Å². The predicted octanol–water partition coefficient (Wildman–Crippen LogP) is 3.71. The fraction of sp³-hybridized carbons (Fsp3) is 0.611. The standard InChI is InChI=1S/C18H25NOS/c20-18(17(21)13-14-7-2-1-3-8-14)19-12-6-10-15-9-4-5-11-16(15)19/h1-3,7-8,15-17,21H,4-6,9-13H2. The zero-order chi connectivity index (χ0) is 14.7.